The van der Waals surface area contributed by atoms with E-state index in [0.29, 0.717) is 6.42 Å². The van der Waals surface area contributed by atoms with Crippen LogP contribution in [0.4, 0.5) is 13.2 Å². The largest absolute Gasteiger partial charge is 0.480 e. The molecular weight excluding hydrogens is 311 g/mol. The van der Waals surface area contributed by atoms with Gasteiger partial charge < -0.3 is 5.11 Å². The van der Waals surface area contributed by atoms with E-state index in [1.54, 1.807) is 0 Å². The summed E-state index contributed by atoms with van der Waals surface area (Å²) in [4.78, 5) is 10.2. The molecule has 1 N–H and O–H groups in total. The Kier molecular flexibility index (Phi) is 5.35. The van der Waals surface area contributed by atoms with Gasteiger partial charge in [-0.2, -0.15) is 17.5 Å². The number of aryl methyl sites for hydroxylation is 1. The molecule has 0 bridgehead atoms. The molecule has 1 aromatic carbocycles. The van der Waals surface area contributed by atoms with Crippen molar-refractivity contribution in [2.75, 3.05) is 13.1 Å². The fourth-order valence-corrected chi connectivity index (χ4v) is 3.00. The second-order valence-corrected chi connectivity index (χ2v) is 6.22. The monoisotopic (exact) mass is 325 g/mol. The van der Waals surface area contributed by atoms with E-state index in [9.17, 15) is 26.4 Å². The van der Waals surface area contributed by atoms with Crippen molar-refractivity contribution in [1.29, 1.82) is 0 Å². The highest BCUT2D eigenvalue weighted by molar-refractivity contribution is 7.89. The van der Waals surface area contributed by atoms with Crippen molar-refractivity contribution in [2.45, 2.75) is 24.4 Å². The van der Waals surface area contributed by atoms with Crippen LogP contribution in [0.25, 0.3) is 0 Å². The topological polar surface area (TPSA) is 74.7 Å². The lowest BCUT2D eigenvalue weighted by Gasteiger charge is -2.21. The van der Waals surface area contributed by atoms with Gasteiger partial charge in [0.15, 0.2) is 0 Å². The number of aliphatic carboxylic acids is 1. The van der Waals surface area contributed by atoms with Crippen molar-refractivity contribution in [3.05, 3.63) is 29.8 Å². The minimum atomic E-state index is -4.83. The maximum atomic E-state index is 12.4. The van der Waals surface area contributed by atoms with Crippen molar-refractivity contribution < 1.29 is 31.5 Å². The maximum Gasteiger partial charge on any atom is 0.402 e. The van der Waals surface area contributed by atoms with Gasteiger partial charge in [0.25, 0.3) is 0 Å². The summed E-state index contributed by atoms with van der Waals surface area (Å²) in [5.41, 5.74) is 0.814. The average Bonchev–Trinajstić information content (AvgIpc) is 2.36. The third kappa shape index (κ3) is 5.01. The van der Waals surface area contributed by atoms with E-state index in [2.05, 4.69) is 0 Å². The molecule has 1 rings (SSSR count). The Labute approximate surface area is 120 Å². The number of halogens is 3. The van der Waals surface area contributed by atoms with E-state index < -0.39 is 35.3 Å². The summed E-state index contributed by atoms with van der Waals surface area (Å²) in [5, 5.41) is 8.60. The van der Waals surface area contributed by atoms with Crippen LogP contribution < -0.4 is 0 Å². The smallest absolute Gasteiger partial charge is 0.402 e. The van der Waals surface area contributed by atoms with Gasteiger partial charge in [0.1, 0.15) is 13.1 Å². The van der Waals surface area contributed by atoms with Crippen LogP contribution in [0.1, 0.15) is 12.5 Å². The van der Waals surface area contributed by atoms with Crippen LogP contribution in [0, 0.1) is 0 Å². The summed E-state index contributed by atoms with van der Waals surface area (Å²) in [6.45, 7) is -1.27. The zero-order valence-corrected chi connectivity index (χ0v) is 11.9. The highest BCUT2D eigenvalue weighted by Gasteiger charge is 2.38. The first-order valence-corrected chi connectivity index (χ1v) is 7.38. The van der Waals surface area contributed by atoms with Crippen molar-refractivity contribution in [1.82, 2.24) is 4.31 Å². The Morgan fingerprint density at radius 2 is 1.76 bits per heavy atom. The molecule has 0 fully saturated rings. The van der Waals surface area contributed by atoms with E-state index in [1.165, 1.54) is 24.3 Å². The number of rotatable bonds is 6. The van der Waals surface area contributed by atoms with E-state index in [1.807, 2.05) is 6.92 Å². The lowest BCUT2D eigenvalue weighted by Crippen LogP contribution is -2.41. The van der Waals surface area contributed by atoms with Gasteiger partial charge in [-0.25, -0.2) is 8.42 Å². The Morgan fingerprint density at radius 1 is 1.24 bits per heavy atom. The minimum absolute atomic E-state index is 0.101. The standard InChI is InChI=1S/C12H14F3NO4S/c1-2-9-3-5-10(6-4-9)21(19,20)16(7-11(17)18)8-12(13,14)15/h3-6H,2,7-8H2,1H3,(H,17,18). The Hall–Kier alpha value is -1.61. The van der Waals surface area contributed by atoms with Crippen LogP contribution in [0.3, 0.4) is 0 Å². The molecule has 0 amide bonds. The van der Waals surface area contributed by atoms with Crippen LogP contribution in [0.2, 0.25) is 0 Å². The predicted octanol–water partition coefficient (Wildman–Crippen LogP) is 1.89. The van der Waals surface area contributed by atoms with Gasteiger partial charge in [-0.05, 0) is 24.1 Å². The highest BCUT2D eigenvalue weighted by Crippen LogP contribution is 2.22. The highest BCUT2D eigenvalue weighted by atomic mass is 32.2. The number of alkyl halides is 3. The fraction of sp³-hybridized carbons (Fsp3) is 0.417. The number of sulfonamides is 1. The molecule has 0 radical (unpaired) electrons. The van der Waals surface area contributed by atoms with Gasteiger partial charge >= 0.3 is 12.1 Å². The van der Waals surface area contributed by atoms with E-state index in [4.69, 9.17) is 5.11 Å². The van der Waals surface area contributed by atoms with E-state index in [0.717, 1.165) is 5.56 Å². The molecule has 0 saturated carbocycles. The van der Waals surface area contributed by atoms with Crippen LogP contribution in [0.15, 0.2) is 29.2 Å². The molecule has 9 heteroatoms. The van der Waals surface area contributed by atoms with E-state index in [-0.39, 0.29) is 9.20 Å². The number of carboxylic acids is 1. The number of carbonyl (C=O) groups is 1. The summed E-state index contributed by atoms with van der Waals surface area (Å²) in [7, 11) is -4.52. The van der Waals surface area contributed by atoms with Crippen molar-refractivity contribution in [3.63, 3.8) is 0 Å². The average molecular weight is 325 g/mol. The van der Waals surface area contributed by atoms with Gasteiger partial charge in [-0.3, -0.25) is 4.79 Å². The molecule has 21 heavy (non-hydrogen) atoms. The molecule has 0 aromatic heterocycles. The summed E-state index contributed by atoms with van der Waals surface area (Å²) >= 11 is 0. The molecule has 5 nitrogen and oxygen atoms in total. The third-order valence-corrected chi connectivity index (χ3v) is 4.44. The summed E-state index contributed by atoms with van der Waals surface area (Å²) < 4.78 is 61.4. The maximum absolute atomic E-state index is 12.4. The summed E-state index contributed by atoms with van der Waals surface area (Å²) in [6.07, 6.45) is -4.19. The molecule has 0 heterocycles. The quantitative estimate of drug-likeness (QED) is 0.867. The lowest BCUT2D eigenvalue weighted by molar-refractivity contribution is -0.146. The van der Waals surface area contributed by atoms with Gasteiger partial charge in [0.05, 0.1) is 4.90 Å². The Bertz CT molecular complexity index is 596. The van der Waals surface area contributed by atoms with Crippen LogP contribution in [0.5, 0.6) is 0 Å². The molecule has 0 aliphatic heterocycles. The van der Waals surface area contributed by atoms with Gasteiger partial charge in [0, 0.05) is 0 Å². The predicted molar refractivity (Wildman–Crippen MR) is 68.3 cm³/mol. The SMILES string of the molecule is CCc1ccc(S(=O)(=O)N(CC(=O)O)CC(F)(F)F)cc1. The molecule has 118 valence electrons. The molecule has 0 saturated heterocycles. The zero-order chi connectivity index (χ0) is 16.3. The van der Waals surface area contributed by atoms with Crippen LogP contribution in [-0.2, 0) is 21.2 Å². The molecule has 0 aliphatic rings. The third-order valence-electron chi connectivity index (χ3n) is 2.64. The van der Waals surface area contributed by atoms with E-state index >= 15 is 0 Å². The van der Waals surface area contributed by atoms with Gasteiger partial charge in [-0.15, -0.1) is 0 Å². The van der Waals surface area contributed by atoms with Crippen LogP contribution in [-0.4, -0.2) is 43.1 Å². The van der Waals surface area contributed by atoms with Crippen molar-refractivity contribution in [2.24, 2.45) is 0 Å². The molecule has 1 aromatic rings. The number of benzene rings is 1. The first kappa shape index (κ1) is 17.4. The molecule has 0 atom stereocenters. The first-order valence-electron chi connectivity index (χ1n) is 5.94. The second kappa shape index (κ2) is 6.44. The number of hydrogen-bond donors (Lipinski definition) is 1. The van der Waals surface area contributed by atoms with Crippen molar-refractivity contribution >= 4 is 16.0 Å². The molecule has 0 unspecified atom stereocenters. The Morgan fingerprint density at radius 3 is 2.14 bits per heavy atom. The molecule has 0 aliphatic carbocycles. The van der Waals surface area contributed by atoms with Crippen molar-refractivity contribution in [3.8, 4) is 0 Å². The number of nitrogens with zero attached hydrogens (tertiary/aromatic N) is 1. The minimum Gasteiger partial charge on any atom is -0.480 e. The zero-order valence-electron chi connectivity index (χ0n) is 11.1. The second-order valence-electron chi connectivity index (χ2n) is 4.28. The first-order chi connectivity index (χ1) is 9.56. The lowest BCUT2D eigenvalue weighted by atomic mass is 10.2. The van der Waals surface area contributed by atoms with Crippen LogP contribution >= 0.6 is 0 Å². The molecular formula is C12H14F3NO4S. The van der Waals surface area contributed by atoms with Gasteiger partial charge in [-0.1, -0.05) is 19.1 Å². The number of carboxylic acid groups (broad SMARTS) is 1. The normalized spacial score (nSPS) is 12.6. The summed E-state index contributed by atoms with van der Waals surface area (Å²) in [5.74, 6) is -1.66. The molecule has 0 spiro atoms. The van der Waals surface area contributed by atoms with Gasteiger partial charge in [0.2, 0.25) is 10.0 Å². The number of hydrogen-bond acceptors (Lipinski definition) is 3. The fourth-order valence-electron chi connectivity index (χ4n) is 1.62. The summed E-state index contributed by atoms with van der Waals surface area (Å²) in [6, 6.07) is 5.28. The Balaban J connectivity index is 3.15.